The van der Waals surface area contributed by atoms with Crippen molar-refractivity contribution in [1.82, 2.24) is 0 Å². The summed E-state index contributed by atoms with van der Waals surface area (Å²) < 4.78 is 17.0. The van der Waals surface area contributed by atoms with Crippen molar-refractivity contribution in [1.29, 1.82) is 0 Å². The van der Waals surface area contributed by atoms with E-state index in [1.165, 1.54) is 13.8 Å². The topological polar surface area (TPSA) is 61.8 Å². The van der Waals surface area contributed by atoms with E-state index in [9.17, 15) is 9.59 Å². The Morgan fingerprint density at radius 1 is 1.00 bits per heavy atom. The molecule has 5 nitrogen and oxygen atoms in total. The minimum absolute atomic E-state index is 0.208. The van der Waals surface area contributed by atoms with Crippen molar-refractivity contribution in [3.05, 3.63) is 45.5 Å². The molecule has 0 unspecified atom stereocenters. The van der Waals surface area contributed by atoms with E-state index in [0.717, 1.165) is 19.9 Å². The maximum atomic E-state index is 11.5. The minimum atomic E-state index is -2.96. The average molecular weight is 430 g/mol. The zero-order chi connectivity index (χ0) is 17.0. The van der Waals surface area contributed by atoms with Gasteiger partial charge in [0.05, 0.1) is 0 Å². The third kappa shape index (κ3) is 4.20. The van der Waals surface area contributed by atoms with E-state index >= 15 is 0 Å². The van der Waals surface area contributed by atoms with Gasteiger partial charge in [-0.2, -0.15) is 0 Å². The fourth-order valence-electron chi connectivity index (χ4n) is 2.15. The van der Waals surface area contributed by atoms with E-state index in [0.29, 0.717) is 0 Å². The summed E-state index contributed by atoms with van der Waals surface area (Å²) in [4.78, 5) is 23.0. The molecule has 0 bridgehead atoms. The normalized spacial score (nSPS) is 12.6. The summed E-state index contributed by atoms with van der Waals surface area (Å²) >= 11 is -2.96. The zero-order valence-corrected chi connectivity index (χ0v) is 15.6. The Kier molecular flexibility index (Phi) is 5.95. The summed E-state index contributed by atoms with van der Waals surface area (Å²) in [7, 11) is 1.61. The first-order valence-corrected chi connectivity index (χ1v) is 9.90. The predicted molar refractivity (Wildman–Crippen MR) is 95.6 cm³/mol. The first-order chi connectivity index (χ1) is 10.9. The van der Waals surface area contributed by atoms with Gasteiger partial charge in [-0.25, -0.2) is 0 Å². The van der Waals surface area contributed by atoms with Gasteiger partial charge in [0, 0.05) is 0 Å². The number of carbonyl (C=O) groups excluding carboxylic acids is 2. The Balaban J connectivity index is 2.69. The molecule has 0 N–H and O–H groups in total. The van der Waals surface area contributed by atoms with E-state index < -0.39 is 32.6 Å². The Labute approximate surface area is 143 Å². The van der Waals surface area contributed by atoms with Crippen molar-refractivity contribution in [2.45, 2.75) is 26.9 Å². The van der Waals surface area contributed by atoms with Gasteiger partial charge in [-0.05, 0) is 0 Å². The van der Waals surface area contributed by atoms with Crippen molar-refractivity contribution in [2.24, 2.45) is 0 Å². The number of ether oxygens (including phenoxy) is 1. The molecule has 0 saturated carbocycles. The molecule has 23 heavy (non-hydrogen) atoms. The molecular weight excluding hydrogens is 411 g/mol. The number of hydrogen-bond donors (Lipinski definition) is 0. The van der Waals surface area contributed by atoms with Crippen molar-refractivity contribution in [3.8, 4) is 0 Å². The van der Waals surface area contributed by atoms with Crippen LogP contribution in [0.5, 0.6) is 0 Å². The molecule has 2 aromatic carbocycles. The van der Waals surface area contributed by atoms with Crippen LogP contribution in [0.2, 0.25) is 0 Å². The summed E-state index contributed by atoms with van der Waals surface area (Å²) in [6, 6.07) is 11.7. The zero-order valence-electron chi connectivity index (χ0n) is 13.5. The van der Waals surface area contributed by atoms with Crippen LogP contribution in [-0.2, 0) is 20.5 Å². The van der Waals surface area contributed by atoms with Crippen LogP contribution in [0.1, 0.15) is 32.4 Å². The molecule has 0 spiro atoms. The monoisotopic (exact) mass is 430 g/mol. The van der Waals surface area contributed by atoms with Crippen molar-refractivity contribution >= 4 is 43.4 Å². The predicted octanol–water partition coefficient (Wildman–Crippen LogP) is 4.18. The van der Waals surface area contributed by atoms with Gasteiger partial charge in [0.25, 0.3) is 0 Å². The molecule has 0 aromatic heterocycles. The average Bonchev–Trinajstić information content (AvgIpc) is 2.51. The number of methoxy groups -OCH3 is 1. The van der Waals surface area contributed by atoms with Crippen LogP contribution < -0.4 is 0 Å². The van der Waals surface area contributed by atoms with Crippen LogP contribution in [0.15, 0.2) is 36.4 Å². The van der Waals surface area contributed by atoms with Crippen LogP contribution in [0.25, 0.3) is 10.8 Å². The number of rotatable bonds is 5. The van der Waals surface area contributed by atoms with Crippen LogP contribution in [-0.4, -0.2) is 19.0 Å². The van der Waals surface area contributed by atoms with Crippen LogP contribution in [0, 0.1) is 3.57 Å². The van der Waals surface area contributed by atoms with Gasteiger partial charge in [-0.1, -0.05) is 0 Å². The van der Waals surface area contributed by atoms with Gasteiger partial charge < -0.3 is 0 Å². The van der Waals surface area contributed by atoms with Crippen molar-refractivity contribution in [3.63, 3.8) is 0 Å². The van der Waals surface area contributed by atoms with E-state index in [4.69, 9.17) is 10.9 Å². The standard InChI is InChI=1S/C17H19IO5/c1-11(21-4)15-10-9-14-7-5-6-8-16(14)17(15)18(22-12(2)19)23-13(3)20/h5-11H,1-4H3/t11-/m0/s1. The molecule has 6 heteroatoms. The summed E-state index contributed by atoms with van der Waals surface area (Å²) in [5, 5.41) is 1.91. The Morgan fingerprint density at radius 3 is 2.17 bits per heavy atom. The second kappa shape index (κ2) is 7.74. The molecule has 0 amide bonds. The Bertz CT molecular complexity index is 712. The van der Waals surface area contributed by atoms with Gasteiger partial charge in [-0.3, -0.25) is 0 Å². The second-order valence-electron chi connectivity index (χ2n) is 4.92. The molecule has 0 saturated heterocycles. The van der Waals surface area contributed by atoms with Crippen LogP contribution in [0.4, 0.5) is 0 Å². The molecule has 0 radical (unpaired) electrons. The van der Waals surface area contributed by atoms with E-state index in [-0.39, 0.29) is 6.10 Å². The van der Waals surface area contributed by atoms with Gasteiger partial charge in [0.2, 0.25) is 0 Å². The summed E-state index contributed by atoms with van der Waals surface area (Å²) in [6.45, 7) is 4.54. The van der Waals surface area contributed by atoms with Gasteiger partial charge in [-0.15, -0.1) is 0 Å². The molecule has 0 aliphatic rings. The van der Waals surface area contributed by atoms with Gasteiger partial charge in [0.1, 0.15) is 0 Å². The molecule has 2 aromatic rings. The SMILES string of the molecule is CO[C@@H](C)c1ccc2ccccc2c1I(OC(C)=O)OC(C)=O. The molecule has 0 heterocycles. The molecule has 2 rings (SSSR count). The number of halogens is 1. The van der Waals surface area contributed by atoms with Crippen LogP contribution >= 0.6 is 20.6 Å². The molecular formula is C17H19IO5. The molecule has 0 fully saturated rings. The van der Waals surface area contributed by atoms with E-state index in [1.54, 1.807) is 7.11 Å². The molecule has 124 valence electrons. The third-order valence-corrected chi connectivity index (χ3v) is 7.32. The first-order valence-electron chi connectivity index (χ1n) is 7.06. The van der Waals surface area contributed by atoms with Gasteiger partial charge in [0.15, 0.2) is 0 Å². The molecule has 0 aliphatic heterocycles. The number of hydrogen-bond acceptors (Lipinski definition) is 5. The fraction of sp³-hybridized carbons (Fsp3) is 0.294. The van der Waals surface area contributed by atoms with Crippen molar-refractivity contribution < 1.29 is 20.5 Å². The fourth-order valence-corrected chi connectivity index (χ4v) is 5.90. The van der Waals surface area contributed by atoms with Crippen molar-refractivity contribution in [2.75, 3.05) is 7.11 Å². The third-order valence-electron chi connectivity index (χ3n) is 3.20. The van der Waals surface area contributed by atoms with Gasteiger partial charge >= 0.3 is 143 Å². The molecule has 0 aliphatic carbocycles. The number of carbonyl (C=O) groups is 2. The Hall–Kier alpha value is -1.67. The quantitative estimate of drug-likeness (QED) is 0.667. The second-order valence-corrected chi connectivity index (χ2v) is 8.12. The van der Waals surface area contributed by atoms with E-state index in [2.05, 4.69) is 0 Å². The Morgan fingerprint density at radius 2 is 1.61 bits per heavy atom. The molecule has 1 atom stereocenters. The summed E-state index contributed by atoms with van der Waals surface area (Å²) in [6.07, 6.45) is -0.208. The number of fused-ring (bicyclic) bond motifs is 1. The number of benzene rings is 2. The summed E-state index contributed by atoms with van der Waals surface area (Å²) in [5.41, 5.74) is 0.874. The van der Waals surface area contributed by atoms with Crippen LogP contribution in [0.3, 0.4) is 0 Å². The first kappa shape index (κ1) is 17.7. The summed E-state index contributed by atoms with van der Waals surface area (Å²) in [5.74, 6) is -0.916. The van der Waals surface area contributed by atoms with E-state index in [1.807, 2.05) is 43.3 Å². The maximum absolute atomic E-state index is 11.5.